The minimum absolute atomic E-state index is 0.260. The molecule has 0 aromatic heterocycles. The summed E-state index contributed by atoms with van der Waals surface area (Å²) in [6, 6.07) is 3.95. The molecule has 0 saturated carbocycles. The largest absolute Gasteiger partial charge is 0.497 e. The number of nitrogens with two attached hydrogens (primary N) is 1. The summed E-state index contributed by atoms with van der Waals surface area (Å²) in [5.74, 6) is 0.595. The van der Waals surface area contributed by atoms with Crippen molar-refractivity contribution in [2.24, 2.45) is 5.73 Å². The predicted octanol–water partition coefficient (Wildman–Crippen LogP) is 1.73. The van der Waals surface area contributed by atoms with Gasteiger partial charge in [-0.2, -0.15) is 0 Å². The molecule has 0 spiro atoms. The highest BCUT2D eigenvalue weighted by Crippen LogP contribution is 2.22. The van der Waals surface area contributed by atoms with Crippen LogP contribution in [0.2, 0.25) is 0 Å². The van der Waals surface area contributed by atoms with Crippen molar-refractivity contribution in [1.29, 1.82) is 0 Å². The van der Waals surface area contributed by atoms with Gasteiger partial charge in [-0.15, -0.1) is 0 Å². The summed E-state index contributed by atoms with van der Waals surface area (Å²) in [7, 11) is 1.65. The Bertz CT molecular complexity index is 349. The van der Waals surface area contributed by atoms with E-state index in [4.69, 9.17) is 10.5 Å². The Labute approximate surface area is 90.2 Å². The lowest BCUT2D eigenvalue weighted by atomic mass is 9.98. The van der Waals surface area contributed by atoms with E-state index in [9.17, 15) is 4.79 Å². The van der Waals surface area contributed by atoms with Crippen LogP contribution >= 0.6 is 0 Å². The number of aryl methyl sites for hydroxylation is 2. The van der Waals surface area contributed by atoms with Crippen molar-refractivity contribution in [3.05, 3.63) is 28.8 Å². The number of benzene rings is 1. The van der Waals surface area contributed by atoms with Gasteiger partial charge in [-0.1, -0.05) is 0 Å². The SMILES string of the molecule is COc1cc(C)c(CCC(N)=O)c(C)c1. The molecule has 0 saturated heterocycles. The number of rotatable bonds is 4. The Morgan fingerprint density at radius 3 is 2.27 bits per heavy atom. The minimum atomic E-state index is -0.260. The van der Waals surface area contributed by atoms with Crippen LogP contribution < -0.4 is 10.5 Å². The zero-order chi connectivity index (χ0) is 11.4. The van der Waals surface area contributed by atoms with Gasteiger partial charge in [0.1, 0.15) is 5.75 Å². The van der Waals surface area contributed by atoms with E-state index >= 15 is 0 Å². The van der Waals surface area contributed by atoms with Gasteiger partial charge in [0, 0.05) is 6.42 Å². The van der Waals surface area contributed by atoms with Crippen molar-refractivity contribution >= 4 is 5.91 Å². The summed E-state index contributed by atoms with van der Waals surface area (Å²) in [6.07, 6.45) is 1.10. The van der Waals surface area contributed by atoms with E-state index in [1.165, 1.54) is 5.56 Å². The fraction of sp³-hybridized carbons (Fsp3) is 0.417. The first-order valence-electron chi connectivity index (χ1n) is 4.97. The van der Waals surface area contributed by atoms with Gasteiger partial charge in [-0.3, -0.25) is 4.79 Å². The third-order valence-electron chi connectivity index (χ3n) is 2.53. The molecular formula is C12H17NO2. The zero-order valence-corrected chi connectivity index (χ0v) is 9.46. The molecule has 0 heterocycles. The first-order chi connectivity index (χ1) is 7.04. The number of methoxy groups -OCH3 is 1. The van der Waals surface area contributed by atoms with Crippen molar-refractivity contribution in [2.75, 3.05) is 7.11 Å². The van der Waals surface area contributed by atoms with Gasteiger partial charge < -0.3 is 10.5 Å². The highest BCUT2D eigenvalue weighted by Gasteiger charge is 2.06. The molecule has 0 aliphatic rings. The van der Waals surface area contributed by atoms with Crippen molar-refractivity contribution in [3.8, 4) is 5.75 Å². The van der Waals surface area contributed by atoms with E-state index in [0.29, 0.717) is 12.8 Å². The highest BCUT2D eigenvalue weighted by molar-refractivity contribution is 5.74. The quantitative estimate of drug-likeness (QED) is 0.817. The first kappa shape index (κ1) is 11.6. The van der Waals surface area contributed by atoms with E-state index in [1.54, 1.807) is 7.11 Å². The van der Waals surface area contributed by atoms with Gasteiger partial charge in [0.15, 0.2) is 0 Å². The standard InChI is InChI=1S/C12H17NO2/c1-8-6-10(15-3)7-9(2)11(8)4-5-12(13)14/h6-7H,4-5H2,1-3H3,(H2,13,14). The lowest BCUT2D eigenvalue weighted by molar-refractivity contribution is -0.117. The number of carbonyl (C=O) groups excluding carboxylic acids is 1. The molecule has 1 aromatic carbocycles. The molecule has 0 unspecified atom stereocenters. The number of hydrogen-bond acceptors (Lipinski definition) is 2. The second-order valence-electron chi connectivity index (χ2n) is 3.71. The van der Waals surface area contributed by atoms with Crippen LogP contribution in [0.5, 0.6) is 5.75 Å². The summed E-state index contributed by atoms with van der Waals surface area (Å²) in [5, 5.41) is 0. The van der Waals surface area contributed by atoms with Gasteiger partial charge in [-0.25, -0.2) is 0 Å². The number of hydrogen-bond donors (Lipinski definition) is 1. The number of primary amides is 1. The van der Waals surface area contributed by atoms with E-state index in [1.807, 2.05) is 26.0 Å². The van der Waals surface area contributed by atoms with Crippen LogP contribution in [-0.2, 0) is 11.2 Å². The van der Waals surface area contributed by atoms with Crippen LogP contribution in [0.1, 0.15) is 23.1 Å². The van der Waals surface area contributed by atoms with Gasteiger partial charge in [0.2, 0.25) is 5.91 Å². The maximum atomic E-state index is 10.7. The van der Waals surface area contributed by atoms with Gasteiger partial charge >= 0.3 is 0 Å². The smallest absolute Gasteiger partial charge is 0.217 e. The molecular weight excluding hydrogens is 190 g/mol. The monoisotopic (exact) mass is 207 g/mol. The van der Waals surface area contributed by atoms with Crippen molar-refractivity contribution in [2.45, 2.75) is 26.7 Å². The Kier molecular flexibility index (Phi) is 3.72. The molecule has 0 radical (unpaired) electrons. The molecule has 0 atom stereocenters. The number of carbonyl (C=O) groups is 1. The van der Waals surface area contributed by atoms with Crippen LogP contribution in [0, 0.1) is 13.8 Å². The van der Waals surface area contributed by atoms with E-state index < -0.39 is 0 Å². The minimum Gasteiger partial charge on any atom is -0.497 e. The van der Waals surface area contributed by atoms with Gasteiger partial charge in [0.25, 0.3) is 0 Å². The summed E-state index contributed by atoms with van der Waals surface area (Å²) in [6.45, 7) is 4.04. The highest BCUT2D eigenvalue weighted by atomic mass is 16.5. The molecule has 1 amide bonds. The Morgan fingerprint density at radius 1 is 1.33 bits per heavy atom. The van der Waals surface area contributed by atoms with Crippen LogP contribution in [0.15, 0.2) is 12.1 Å². The van der Waals surface area contributed by atoms with Crippen LogP contribution in [0.4, 0.5) is 0 Å². The third-order valence-corrected chi connectivity index (χ3v) is 2.53. The number of ether oxygens (including phenoxy) is 1. The Balaban J connectivity index is 2.92. The topological polar surface area (TPSA) is 52.3 Å². The Hall–Kier alpha value is -1.51. The molecule has 1 rings (SSSR count). The van der Waals surface area contributed by atoms with Crippen molar-refractivity contribution < 1.29 is 9.53 Å². The second-order valence-corrected chi connectivity index (χ2v) is 3.71. The molecule has 3 nitrogen and oxygen atoms in total. The molecule has 15 heavy (non-hydrogen) atoms. The molecule has 0 aliphatic heterocycles. The third kappa shape index (κ3) is 2.98. The zero-order valence-electron chi connectivity index (χ0n) is 9.46. The first-order valence-corrected chi connectivity index (χ1v) is 4.97. The van der Waals surface area contributed by atoms with Crippen molar-refractivity contribution in [3.63, 3.8) is 0 Å². The normalized spacial score (nSPS) is 10.1. The molecule has 0 fully saturated rings. The van der Waals surface area contributed by atoms with Crippen LogP contribution in [0.25, 0.3) is 0 Å². The molecule has 1 aromatic rings. The van der Waals surface area contributed by atoms with Gasteiger partial charge in [0.05, 0.1) is 7.11 Å². The summed E-state index contributed by atoms with van der Waals surface area (Å²) in [4.78, 5) is 10.7. The lowest BCUT2D eigenvalue weighted by Crippen LogP contribution is -2.12. The average Bonchev–Trinajstić information content (AvgIpc) is 2.15. The summed E-state index contributed by atoms with van der Waals surface area (Å²) < 4.78 is 5.16. The lowest BCUT2D eigenvalue weighted by Gasteiger charge is -2.11. The average molecular weight is 207 g/mol. The molecule has 0 bridgehead atoms. The predicted molar refractivity (Wildman–Crippen MR) is 60.0 cm³/mol. The second kappa shape index (κ2) is 4.82. The molecule has 2 N–H and O–H groups in total. The molecule has 0 aliphatic carbocycles. The molecule has 3 heteroatoms. The van der Waals surface area contributed by atoms with Crippen molar-refractivity contribution in [1.82, 2.24) is 0 Å². The molecule has 82 valence electrons. The number of amides is 1. The summed E-state index contributed by atoms with van der Waals surface area (Å²) >= 11 is 0. The Morgan fingerprint density at radius 2 is 1.87 bits per heavy atom. The van der Waals surface area contributed by atoms with Gasteiger partial charge in [-0.05, 0) is 49.1 Å². The maximum Gasteiger partial charge on any atom is 0.217 e. The van der Waals surface area contributed by atoms with E-state index in [0.717, 1.165) is 16.9 Å². The maximum absolute atomic E-state index is 10.7. The van der Waals surface area contributed by atoms with Crippen LogP contribution in [0.3, 0.4) is 0 Å². The van der Waals surface area contributed by atoms with E-state index in [-0.39, 0.29) is 5.91 Å². The van der Waals surface area contributed by atoms with E-state index in [2.05, 4.69) is 0 Å². The van der Waals surface area contributed by atoms with Crippen LogP contribution in [-0.4, -0.2) is 13.0 Å². The fourth-order valence-electron chi connectivity index (χ4n) is 1.71. The summed E-state index contributed by atoms with van der Waals surface area (Å²) in [5.41, 5.74) is 8.62. The fourth-order valence-corrected chi connectivity index (χ4v) is 1.71.